The molecule has 1 heteroatoms. The number of hydrogen-bond acceptors (Lipinski definition) is 1. The molecule has 3 aliphatic rings. The van der Waals surface area contributed by atoms with E-state index in [0.717, 1.165) is 22.6 Å². The molecule has 1 unspecified atom stereocenters. The highest BCUT2D eigenvalue weighted by Crippen LogP contribution is 2.64. The minimum atomic E-state index is -0.423. The smallest absolute Gasteiger partial charge is 0.143 e. The fourth-order valence-corrected chi connectivity index (χ4v) is 10.7. The molecule has 258 valence electrons. The van der Waals surface area contributed by atoms with Gasteiger partial charge in [-0.15, -0.1) is 0 Å². The van der Waals surface area contributed by atoms with E-state index >= 15 is 0 Å². The van der Waals surface area contributed by atoms with Gasteiger partial charge in [0.1, 0.15) is 11.5 Å². The lowest BCUT2D eigenvalue weighted by Gasteiger charge is -2.31. The van der Waals surface area contributed by atoms with E-state index in [4.69, 9.17) is 4.74 Å². The second kappa shape index (κ2) is 10.9. The highest BCUT2D eigenvalue weighted by Gasteiger charge is 2.52. The molecule has 56 heavy (non-hydrogen) atoms. The maximum atomic E-state index is 6.82. The van der Waals surface area contributed by atoms with Gasteiger partial charge in [-0.2, -0.15) is 0 Å². The number of hydrogen-bond donors (Lipinski definition) is 0. The lowest BCUT2D eigenvalue weighted by Crippen LogP contribution is -2.25. The second-order valence-electron chi connectivity index (χ2n) is 15.5. The number of benzene rings is 10. The maximum absolute atomic E-state index is 6.82. The fourth-order valence-electron chi connectivity index (χ4n) is 10.7. The summed E-state index contributed by atoms with van der Waals surface area (Å²) in [5.74, 6) is 1.83. The molecule has 0 radical (unpaired) electrons. The van der Waals surface area contributed by atoms with Crippen LogP contribution in [0.25, 0.3) is 88.0 Å². The van der Waals surface area contributed by atoms with Crippen LogP contribution in [0, 0.1) is 0 Å². The van der Waals surface area contributed by atoms with Crippen molar-refractivity contribution in [3.05, 3.63) is 216 Å². The van der Waals surface area contributed by atoms with E-state index in [9.17, 15) is 0 Å². The second-order valence-corrected chi connectivity index (χ2v) is 15.5. The molecule has 0 saturated heterocycles. The molecule has 1 spiro atoms. The molecule has 10 aromatic rings. The molecule has 1 atom stereocenters. The molecule has 0 bridgehead atoms. The quantitative estimate of drug-likeness (QED) is 0.174. The molecular weight excluding hydrogens is 677 g/mol. The van der Waals surface area contributed by atoms with Crippen LogP contribution in [0.5, 0.6) is 11.5 Å². The van der Waals surface area contributed by atoms with Crippen LogP contribution < -0.4 is 4.74 Å². The summed E-state index contributed by atoms with van der Waals surface area (Å²) in [7, 11) is 0. The van der Waals surface area contributed by atoms with Crippen molar-refractivity contribution in [3.8, 4) is 67.1 Å². The van der Waals surface area contributed by atoms with E-state index in [0.29, 0.717) is 0 Å². The van der Waals surface area contributed by atoms with Gasteiger partial charge < -0.3 is 4.74 Å². The van der Waals surface area contributed by atoms with Crippen molar-refractivity contribution in [3.63, 3.8) is 0 Å². The van der Waals surface area contributed by atoms with Crippen molar-refractivity contribution < 1.29 is 4.74 Å². The van der Waals surface area contributed by atoms with E-state index in [1.54, 1.807) is 0 Å². The van der Waals surface area contributed by atoms with Crippen LogP contribution in [-0.4, -0.2) is 0 Å². The lowest BCUT2D eigenvalue weighted by atomic mass is 9.70. The predicted octanol–water partition coefficient (Wildman–Crippen LogP) is 14.6. The van der Waals surface area contributed by atoms with Crippen molar-refractivity contribution >= 4 is 32.3 Å². The molecule has 10 aromatic carbocycles. The van der Waals surface area contributed by atoms with Gasteiger partial charge in [-0.3, -0.25) is 0 Å². The Morgan fingerprint density at radius 2 is 0.893 bits per heavy atom. The van der Waals surface area contributed by atoms with Crippen LogP contribution in [-0.2, 0) is 5.41 Å². The molecule has 2 aliphatic carbocycles. The Labute approximate surface area is 324 Å². The Balaban J connectivity index is 1.04. The van der Waals surface area contributed by atoms with E-state index in [1.165, 1.54) is 99.1 Å². The molecule has 0 fully saturated rings. The first-order valence-corrected chi connectivity index (χ1v) is 19.5. The topological polar surface area (TPSA) is 9.23 Å². The van der Waals surface area contributed by atoms with Crippen molar-refractivity contribution in [2.24, 2.45) is 0 Å². The summed E-state index contributed by atoms with van der Waals surface area (Å²) >= 11 is 0. The summed E-state index contributed by atoms with van der Waals surface area (Å²) < 4.78 is 6.82. The first kappa shape index (κ1) is 30.1. The highest BCUT2D eigenvalue weighted by molar-refractivity contribution is 6.11. The normalized spacial score (nSPS) is 15.4. The van der Waals surface area contributed by atoms with E-state index in [-0.39, 0.29) is 0 Å². The summed E-state index contributed by atoms with van der Waals surface area (Å²) in [4.78, 5) is 0. The van der Waals surface area contributed by atoms with Crippen LogP contribution in [0.3, 0.4) is 0 Å². The monoisotopic (exact) mass is 708 g/mol. The van der Waals surface area contributed by atoms with E-state index < -0.39 is 5.41 Å². The third-order valence-corrected chi connectivity index (χ3v) is 12.9. The average Bonchev–Trinajstić information content (AvgIpc) is 3.73. The Hall–Kier alpha value is -7.22. The van der Waals surface area contributed by atoms with Crippen molar-refractivity contribution in [2.45, 2.75) is 5.41 Å². The Morgan fingerprint density at radius 3 is 1.75 bits per heavy atom. The number of fused-ring (bicyclic) bond motifs is 15. The van der Waals surface area contributed by atoms with E-state index in [2.05, 4.69) is 194 Å². The van der Waals surface area contributed by atoms with Crippen molar-refractivity contribution in [1.29, 1.82) is 0 Å². The van der Waals surface area contributed by atoms with Crippen LogP contribution in [0.2, 0.25) is 0 Å². The summed E-state index contributed by atoms with van der Waals surface area (Å²) in [6, 6.07) is 72.0. The van der Waals surface area contributed by atoms with Gasteiger partial charge in [-0.25, -0.2) is 0 Å². The van der Waals surface area contributed by atoms with Gasteiger partial charge in [-0.1, -0.05) is 182 Å². The Kier molecular flexibility index (Phi) is 5.89. The lowest BCUT2D eigenvalue weighted by molar-refractivity contribution is 0.489. The third-order valence-electron chi connectivity index (χ3n) is 12.9. The van der Waals surface area contributed by atoms with Gasteiger partial charge in [0, 0.05) is 16.5 Å². The highest BCUT2D eigenvalue weighted by atomic mass is 16.5. The SMILES string of the molecule is c1ccc2c(c1)-c1ccc(-c3ccc(-c4cccc5c4Oc4cccc6cccc-5c46)c4ccccc34)cc1C21c2ccccc2-c2c1ccc1ccccc21. The predicted molar refractivity (Wildman–Crippen MR) is 232 cm³/mol. The van der Waals surface area contributed by atoms with Crippen LogP contribution in [0.1, 0.15) is 22.3 Å². The Morgan fingerprint density at radius 1 is 0.321 bits per heavy atom. The molecule has 1 nitrogen and oxygen atoms in total. The van der Waals surface area contributed by atoms with Crippen LogP contribution in [0.15, 0.2) is 194 Å². The zero-order valence-corrected chi connectivity index (χ0v) is 30.4. The molecule has 13 rings (SSSR count). The van der Waals surface area contributed by atoms with Gasteiger partial charge in [-0.05, 0) is 106 Å². The number of para-hydroxylation sites is 1. The largest absolute Gasteiger partial charge is 0.455 e. The minimum Gasteiger partial charge on any atom is -0.455 e. The number of rotatable bonds is 2. The fraction of sp³-hybridized carbons (Fsp3) is 0.0182. The molecule has 0 amide bonds. The maximum Gasteiger partial charge on any atom is 0.143 e. The van der Waals surface area contributed by atoms with Gasteiger partial charge >= 0.3 is 0 Å². The van der Waals surface area contributed by atoms with Gasteiger partial charge in [0.2, 0.25) is 0 Å². The van der Waals surface area contributed by atoms with Gasteiger partial charge in [0.25, 0.3) is 0 Å². The standard InChI is InChI=1S/C55H32O/c1-2-15-37-33(12-1)27-31-49-53(37)46-19-6-8-24-48(46)55(49)47-23-7-5-18-41(47)42-28-26-35(32-50(42)55)36-29-30-40(39-17-4-3-16-38(36)39)44-21-11-22-45-43-20-9-13-34-14-10-25-51(52(34)43)56-54(44)45/h1-32H. The number of ether oxygens (including phenoxy) is 1. The molecule has 0 aromatic heterocycles. The zero-order chi connectivity index (χ0) is 36.5. The first-order valence-electron chi connectivity index (χ1n) is 19.5. The zero-order valence-electron chi connectivity index (χ0n) is 30.4. The molecule has 1 heterocycles. The van der Waals surface area contributed by atoms with Gasteiger partial charge in [0.15, 0.2) is 0 Å². The van der Waals surface area contributed by atoms with Crippen molar-refractivity contribution in [1.82, 2.24) is 0 Å². The third kappa shape index (κ3) is 3.75. The summed E-state index contributed by atoms with van der Waals surface area (Å²) in [5, 5.41) is 7.39. The minimum absolute atomic E-state index is 0.423. The van der Waals surface area contributed by atoms with E-state index in [1.807, 2.05) is 0 Å². The summed E-state index contributed by atoms with van der Waals surface area (Å²) in [6.45, 7) is 0. The van der Waals surface area contributed by atoms with Crippen molar-refractivity contribution in [2.75, 3.05) is 0 Å². The average molecular weight is 709 g/mol. The molecule has 0 N–H and O–H groups in total. The molecular formula is C55H32O. The molecule has 1 aliphatic heterocycles. The Bertz CT molecular complexity index is 3340. The summed E-state index contributed by atoms with van der Waals surface area (Å²) in [6.07, 6.45) is 0. The first-order chi connectivity index (χ1) is 27.8. The van der Waals surface area contributed by atoms with Gasteiger partial charge in [0.05, 0.1) is 5.41 Å². The van der Waals surface area contributed by atoms with Crippen LogP contribution in [0.4, 0.5) is 0 Å². The van der Waals surface area contributed by atoms with Crippen LogP contribution >= 0.6 is 0 Å². The molecule has 0 saturated carbocycles. The summed E-state index contributed by atoms with van der Waals surface area (Å²) in [5.41, 5.74) is 17.4.